The fourth-order valence-electron chi connectivity index (χ4n) is 4.45. The highest BCUT2D eigenvalue weighted by atomic mass is 19.1. The van der Waals surface area contributed by atoms with Crippen LogP contribution in [0.3, 0.4) is 0 Å². The quantitative estimate of drug-likeness (QED) is 0.849. The zero-order valence-electron chi connectivity index (χ0n) is 15.1. The number of halogens is 1. The maximum absolute atomic E-state index is 13.0. The van der Waals surface area contributed by atoms with Crippen LogP contribution in [-0.2, 0) is 16.9 Å². The summed E-state index contributed by atoms with van der Waals surface area (Å²) in [5.41, 5.74) is 0.687. The molecule has 1 aromatic carbocycles. The third kappa shape index (κ3) is 3.87. The number of rotatable bonds is 5. The molecule has 2 N–H and O–H groups in total. The Bertz CT molecular complexity index is 783. The summed E-state index contributed by atoms with van der Waals surface area (Å²) in [6.45, 7) is 0.717. The van der Waals surface area contributed by atoms with Gasteiger partial charge >= 0.3 is 0 Å². The van der Waals surface area contributed by atoms with Crippen molar-refractivity contribution >= 4 is 5.91 Å². The molecule has 0 spiro atoms. The van der Waals surface area contributed by atoms with Gasteiger partial charge in [-0.25, -0.2) is 4.39 Å². The van der Waals surface area contributed by atoms with E-state index in [-0.39, 0.29) is 23.8 Å². The first kappa shape index (κ1) is 18.1. The van der Waals surface area contributed by atoms with Crippen molar-refractivity contribution in [1.29, 1.82) is 0 Å². The molecule has 5 nitrogen and oxygen atoms in total. The smallest absolute Gasteiger partial charge is 0.234 e. The number of hydrogen-bond acceptors (Lipinski definition) is 4. The lowest BCUT2D eigenvalue weighted by atomic mass is 9.83. The lowest BCUT2D eigenvalue weighted by molar-refractivity contribution is -0.126. The molecule has 2 aromatic rings. The van der Waals surface area contributed by atoms with Gasteiger partial charge in [-0.2, -0.15) is 0 Å². The molecule has 2 aliphatic rings. The number of nitrogens with one attached hydrogen (secondary N) is 1. The molecule has 1 amide bonds. The maximum atomic E-state index is 13.0. The minimum atomic E-state index is -0.909. The van der Waals surface area contributed by atoms with Gasteiger partial charge in [-0.3, -0.25) is 14.7 Å². The van der Waals surface area contributed by atoms with Crippen LogP contribution < -0.4 is 5.32 Å². The maximum Gasteiger partial charge on any atom is 0.234 e. The number of carbonyl (C=O) groups excluding carboxylic acids is 1. The van der Waals surface area contributed by atoms with Crippen molar-refractivity contribution < 1.29 is 14.3 Å². The zero-order valence-corrected chi connectivity index (χ0v) is 15.1. The predicted molar refractivity (Wildman–Crippen MR) is 99.1 cm³/mol. The summed E-state index contributed by atoms with van der Waals surface area (Å²) in [6.07, 6.45) is 4.90. The predicted octanol–water partition coefficient (Wildman–Crippen LogP) is 2.35. The van der Waals surface area contributed by atoms with Crippen molar-refractivity contribution in [2.24, 2.45) is 0 Å². The van der Waals surface area contributed by atoms with Crippen molar-refractivity contribution in [2.45, 2.75) is 49.9 Å². The summed E-state index contributed by atoms with van der Waals surface area (Å²) in [5.74, 6) is -0.324. The minimum Gasteiger partial charge on any atom is -0.383 e. The van der Waals surface area contributed by atoms with Crippen LogP contribution in [0, 0.1) is 5.82 Å². The number of piperidine rings is 1. The van der Waals surface area contributed by atoms with E-state index in [9.17, 15) is 14.3 Å². The van der Waals surface area contributed by atoms with Crippen LogP contribution in [0.2, 0.25) is 0 Å². The first-order valence-corrected chi connectivity index (χ1v) is 9.44. The van der Waals surface area contributed by atoms with Crippen LogP contribution >= 0.6 is 0 Å². The fraction of sp³-hybridized carbons (Fsp3) is 0.429. The first-order chi connectivity index (χ1) is 13.0. The van der Waals surface area contributed by atoms with Gasteiger partial charge in [0.15, 0.2) is 0 Å². The highest BCUT2D eigenvalue weighted by Crippen LogP contribution is 2.44. The van der Waals surface area contributed by atoms with Crippen molar-refractivity contribution in [3.8, 4) is 0 Å². The summed E-state index contributed by atoms with van der Waals surface area (Å²) < 4.78 is 13.0. The Morgan fingerprint density at radius 2 is 1.89 bits per heavy atom. The molecule has 2 atom stereocenters. The van der Waals surface area contributed by atoms with Gasteiger partial charge in [0.2, 0.25) is 5.91 Å². The Hall–Kier alpha value is -2.31. The molecule has 2 fully saturated rings. The third-order valence-corrected chi connectivity index (χ3v) is 5.79. The van der Waals surface area contributed by atoms with Crippen LogP contribution in [0.1, 0.15) is 36.9 Å². The van der Waals surface area contributed by atoms with Gasteiger partial charge in [0.05, 0.1) is 12.2 Å². The van der Waals surface area contributed by atoms with Crippen molar-refractivity contribution in [2.75, 3.05) is 6.54 Å². The molecule has 1 aromatic heterocycles. The lowest BCUT2D eigenvalue weighted by Crippen LogP contribution is -2.52. The number of carbonyl (C=O) groups is 1. The second kappa shape index (κ2) is 7.37. The number of fused-ring (bicyclic) bond motifs is 2. The van der Waals surface area contributed by atoms with Gasteiger partial charge in [-0.1, -0.05) is 18.2 Å². The van der Waals surface area contributed by atoms with Gasteiger partial charge in [-0.05, 0) is 55.5 Å². The van der Waals surface area contributed by atoms with Crippen LogP contribution in [0.4, 0.5) is 4.39 Å². The van der Waals surface area contributed by atoms with Gasteiger partial charge in [0, 0.05) is 24.8 Å². The van der Waals surface area contributed by atoms with E-state index in [1.54, 1.807) is 18.3 Å². The van der Waals surface area contributed by atoms with Gasteiger partial charge in [-0.15, -0.1) is 0 Å². The van der Waals surface area contributed by atoms with Crippen molar-refractivity contribution in [3.63, 3.8) is 0 Å². The molecule has 2 aliphatic heterocycles. The van der Waals surface area contributed by atoms with Gasteiger partial charge < -0.3 is 10.4 Å². The molecular formula is C21H24FN3O2. The summed E-state index contributed by atoms with van der Waals surface area (Å²) in [7, 11) is 0. The second-order valence-electron chi connectivity index (χ2n) is 7.62. The largest absolute Gasteiger partial charge is 0.383 e. The van der Waals surface area contributed by atoms with E-state index in [0.717, 1.165) is 24.1 Å². The molecular weight excluding hydrogens is 345 g/mol. The standard InChI is InChI=1S/C21H24FN3O2/c22-16-6-4-15(5-7-16)13-24-20(26)14-25-17-8-9-18(25)12-21(27,11-17)19-3-1-2-10-23-19/h1-7,10,17-18,27H,8-9,11-14H2,(H,24,26)/t17-,18-/m0/s1. The highest BCUT2D eigenvalue weighted by Gasteiger charge is 2.49. The molecule has 0 unspecified atom stereocenters. The first-order valence-electron chi connectivity index (χ1n) is 9.44. The number of aliphatic hydroxyl groups is 1. The SMILES string of the molecule is O=C(CN1[C@H]2CC[C@H]1CC(O)(c1ccccn1)C2)NCc1ccc(F)cc1. The molecule has 2 saturated heterocycles. The fourth-order valence-corrected chi connectivity index (χ4v) is 4.45. The van der Waals surface area contributed by atoms with Crippen LogP contribution in [-0.4, -0.2) is 39.5 Å². The number of nitrogens with zero attached hydrogens (tertiary/aromatic N) is 2. The summed E-state index contributed by atoms with van der Waals surface area (Å²) in [5, 5.41) is 14.0. The van der Waals surface area contributed by atoms with E-state index in [2.05, 4.69) is 15.2 Å². The van der Waals surface area contributed by atoms with E-state index in [1.165, 1.54) is 12.1 Å². The van der Waals surface area contributed by atoms with Gasteiger partial charge in [0.25, 0.3) is 0 Å². The topological polar surface area (TPSA) is 65.5 Å². The van der Waals surface area contributed by atoms with E-state index < -0.39 is 5.60 Å². The number of benzene rings is 1. The average molecular weight is 369 g/mol. The Morgan fingerprint density at radius 3 is 2.52 bits per heavy atom. The van der Waals surface area contributed by atoms with Crippen LogP contribution in [0.15, 0.2) is 48.7 Å². The summed E-state index contributed by atoms with van der Waals surface area (Å²) >= 11 is 0. The molecule has 27 heavy (non-hydrogen) atoms. The average Bonchev–Trinajstić information content (AvgIpc) is 2.92. The Balaban J connectivity index is 1.35. The molecule has 0 radical (unpaired) electrons. The van der Waals surface area contributed by atoms with E-state index in [0.29, 0.717) is 25.9 Å². The highest BCUT2D eigenvalue weighted by molar-refractivity contribution is 5.78. The second-order valence-corrected chi connectivity index (χ2v) is 7.62. The molecule has 6 heteroatoms. The molecule has 0 saturated carbocycles. The normalized spacial score (nSPS) is 27.5. The van der Waals surface area contributed by atoms with Gasteiger partial charge in [0.1, 0.15) is 11.4 Å². The molecule has 3 heterocycles. The van der Waals surface area contributed by atoms with E-state index in [4.69, 9.17) is 0 Å². The Labute approximate surface area is 158 Å². The van der Waals surface area contributed by atoms with Crippen LogP contribution in [0.5, 0.6) is 0 Å². The molecule has 0 aliphatic carbocycles. The van der Waals surface area contributed by atoms with Crippen LogP contribution in [0.25, 0.3) is 0 Å². The number of amides is 1. The molecule has 2 bridgehead atoms. The van der Waals surface area contributed by atoms with Crippen molar-refractivity contribution in [1.82, 2.24) is 15.2 Å². The monoisotopic (exact) mass is 369 g/mol. The Kier molecular flexibility index (Phi) is 4.93. The molecule has 142 valence electrons. The minimum absolute atomic E-state index is 0.0421. The summed E-state index contributed by atoms with van der Waals surface area (Å²) in [4.78, 5) is 19.0. The Morgan fingerprint density at radius 1 is 1.19 bits per heavy atom. The van der Waals surface area contributed by atoms with E-state index >= 15 is 0 Å². The third-order valence-electron chi connectivity index (χ3n) is 5.79. The number of hydrogen-bond donors (Lipinski definition) is 2. The molecule has 4 rings (SSSR count). The zero-order chi connectivity index (χ0) is 18.9. The number of aromatic nitrogens is 1. The summed E-state index contributed by atoms with van der Waals surface area (Å²) in [6, 6.07) is 12.1. The lowest BCUT2D eigenvalue weighted by Gasteiger charge is -2.43. The van der Waals surface area contributed by atoms with Crippen molar-refractivity contribution in [3.05, 3.63) is 65.7 Å². The van der Waals surface area contributed by atoms with E-state index in [1.807, 2.05) is 18.2 Å². The number of pyridine rings is 1.